The number of nitrogens with zero attached hydrogens (tertiary/aromatic N) is 1. The van der Waals surface area contributed by atoms with Crippen LogP contribution in [0.5, 0.6) is 0 Å². The van der Waals surface area contributed by atoms with Crippen LogP contribution < -0.4 is 0 Å². The van der Waals surface area contributed by atoms with Crippen molar-refractivity contribution >= 4 is 12.6 Å². The first-order valence-electron chi connectivity index (χ1n) is 6.23. The van der Waals surface area contributed by atoms with E-state index in [1.807, 2.05) is 0 Å². The molecule has 0 aromatic carbocycles. The highest BCUT2D eigenvalue weighted by molar-refractivity contribution is 7.80. The van der Waals surface area contributed by atoms with Gasteiger partial charge in [-0.1, -0.05) is 19.8 Å². The lowest BCUT2D eigenvalue weighted by Gasteiger charge is -2.34. The number of piperidine rings is 1. The van der Waals surface area contributed by atoms with Crippen LogP contribution in [0.3, 0.4) is 0 Å². The van der Waals surface area contributed by atoms with Gasteiger partial charge in [0, 0.05) is 6.04 Å². The van der Waals surface area contributed by atoms with E-state index < -0.39 is 0 Å². The van der Waals surface area contributed by atoms with Gasteiger partial charge in [-0.05, 0) is 50.9 Å². The molecular weight excluding hydrogens is 190 g/mol. The number of thiol groups is 1. The predicted molar refractivity (Wildman–Crippen MR) is 67.2 cm³/mol. The van der Waals surface area contributed by atoms with Crippen LogP contribution in [0.2, 0.25) is 0 Å². The second-order valence-electron chi connectivity index (χ2n) is 4.40. The highest BCUT2D eigenvalue weighted by atomic mass is 32.1. The van der Waals surface area contributed by atoms with Gasteiger partial charge in [-0.2, -0.15) is 12.6 Å². The highest BCUT2D eigenvalue weighted by Crippen LogP contribution is 2.19. The third kappa shape index (κ3) is 4.22. The summed E-state index contributed by atoms with van der Waals surface area (Å²) in [6, 6.07) is 0.854. The van der Waals surface area contributed by atoms with Crippen molar-refractivity contribution in [3.8, 4) is 0 Å². The average molecular weight is 215 g/mol. The van der Waals surface area contributed by atoms with Gasteiger partial charge in [0.1, 0.15) is 0 Å². The Morgan fingerprint density at radius 2 is 1.86 bits per heavy atom. The van der Waals surface area contributed by atoms with Crippen LogP contribution in [0.1, 0.15) is 51.9 Å². The molecule has 0 N–H and O–H groups in total. The summed E-state index contributed by atoms with van der Waals surface area (Å²) in [5, 5.41) is 0. The fraction of sp³-hybridized carbons (Fsp3) is 1.00. The van der Waals surface area contributed by atoms with Gasteiger partial charge < -0.3 is 4.90 Å². The number of rotatable bonds is 6. The first-order chi connectivity index (χ1) is 6.88. The summed E-state index contributed by atoms with van der Waals surface area (Å²) in [7, 11) is 0. The molecule has 1 aliphatic rings. The zero-order valence-corrected chi connectivity index (χ0v) is 10.4. The summed E-state index contributed by atoms with van der Waals surface area (Å²) in [5.74, 6) is 1.05. The molecule has 84 valence electrons. The van der Waals surface area contributed by atoms with Gasteiger partial charge in [-0.25, -0.2) is 0 Å². The van der Waals surface area contributed by atoms with Crippen LogP contribution in [0, 0.1) is 0 Å². The molecule has 0 aliphatic carbocycles. The third-order valence-electron chi connectivity index (χ3n) is 3.22. The predicted octanol–water partition coefficient (Wildman–Crippen LogP) is 3.35. The van der Waals surface area contributed by atoms with Crippen LogP contribution >= 0.6 is 12.6 Å². The SMILES string of the molecule is CCCC(CCCS)N1CCCCC1. The molecule has 1 fully saturated rings. The van der Waals surface area contributed by atoms with Gasteiger partial charge in [-0.3, -0.25) is 0 Å². The maximum atomic E-state index is 4.31. The Morgan fingerprint density at radius 3 is 2.43 bits per heavy atom. The van der Waals surface area contributed by atoms with Crippen molar-refractivity contribution in [2.24, 2.45) is 0 Å². The van der Waals surface area contributed by atoms with E-state index in [2.05, 4.69) is 24.5 Å². The van der Waals surface area contributed by atoms with Crippen LogP contribution in [0.4, 0.5) is 0 Å². The van der Waals surface area contributed by atoms with Crippen LogP contribution in [0.25, 0.3) is 0 Å². The summed E-state index contributed by atoms with van der Waals surface area (Å²) in [5.41, 5.74) is 0. The number of hydrogen-bond donors (Lipinski definition) is 1. The summed E-state index contributed by atoms with van der Waals surface area (Å²) < 4.78 is 0. The van der Waals surface area contributed by atoms with Crippen LogP contribution in [-0.2, 0) is 0 Å². The molecule has 2 heteroatoms. The minimum Gasteiger partial charge on any atom is -0.300 e. The van der Waals surface area contributed by atoms with E-state index in [0.29, 0.717) is 0 Å². The van der Waals surface area contributed by atoms with E-state index in [9.17, 15) is 0 Å². The van der Waals surface area contributed by atoms with Gasteiger partial charge in [-0.15, -0.1) is 0 Å². The van der Waals surface area contributed by atoms with Crippen molar-refractivity contribution in [1.82, 2.24) is 4.90 Å². The molecule has 0 aromatic heterocycles. The third-order valence-corrected chi connectivity index (χ3v) is 3.54. The molecule has 0 amide bonds. The molecule has 14 heavy (non-hydrogen) atoms. The maximum absolute atomic E-state index is 4.31. The standard InChI is InChI=1S/C12H25NS/c1-2-7-12(8-6-11-14)13-9-4-3-5-10-13/h12,14H,2-11H2,1H3. The fourth-order valence-electron chi connectivity index (χ4n) is 2.45. The van der Waals surface area contributed by atoms with Crippen molar-refractivity contribution < 1.29 is 0 Å². The molecule has 0 saturated carbocycles. The summed E-state index contributed by atoms with van der Waals surface area (Å²) in [4.78, 5) is 2.72. The first-order valence-corrected chi connectivity index (χ1v) is 6.86. The lowest BCUT2D eigenvalue weighted by molar-refractivity contribution is 0.146. The Kier molecular flexibility index (Phi) is 6.70. The lowest BCUT2D eigenvalue weighted by atomic mass is 10.0. The van der Waals surface area contributed by atoms with E-state index in [1.165, 1.54) is 58.0 Å². The Morgan fingerprint density at radius 1 is 1.14 bits per heavy atom. The van der Waals surface area contributed by atoms with Gasteiger partial charge in [0.25, 0.3) is 0 Å². The molecule has 1 nitrogen and oxygen atoms in total. The quantitative estimate of drug-likeness (QED) is 0.665. The maximum Gasteiger partial charge on any atom is 0.00954 e. The molecule has 0 bridgehead atoms. The molecule has 1 atom stereocenters. The van der Waals surface area contributed by atoms with E-state index in [1.54, 1.807) is 0 Å². The minimum atomic E-state index is 0.854. The van der Waals surface area contributed by atoms with E-state index in [0.717, 1.165) is 11.8 Å². The van der Waals surface area contributed by atoms with Crippen LogP contribution in [-0.4, -0.2) is 29.8 Å². The van der Waals surface area contributed by atoms with E-state index in [-0.39, 0.29) is 0 Å². The zero-order chi connectivity index (χ0) is 10.2. The van der Waals surface area contributed by atoms with Gasteiger partial charge in [0.05, 0.1) is 0 Å². The average Bonchev–Trinajstić information content (AvgIpc) is 2.25. The summed E-state index contributed by atoms with van der Waals surface area (Å²) >= 11 is 4.31. The van der Waals surface area contributed by atoms with Gasteiger partial charge >= 0.3 is 0 Å². The van der Waals surface area contributed by atoms with Crippen molar-refractivity contribution in [2.45, 2.75) is 57.9 Å². The topological polar surface area (TPSA) is 3.24 Å². The molecule has 1 unspecified atom stereocenters. The number of hydrogen-bond acceptors (Lipinski definition) is 2. The van der Waals surface area contributed by atoms with Gasteiger partial charge in [0.2, 0.25) is 0 Å². The summed E-state index contributed by atoms with van der Waals surface area (Å²) in [6.07, 6.45) is 9.63. The number of likely N-dealkylation sites (tertiary alicyclic amines) is 1. The zero-order valence-electron chi connectivity index (χ0n) is 9.54. The molecule has 1 saturated heterocycles. The molecule has 0 spiro atoms. The monoisotopic (exact) mass is 215 g/mol. The highest BCUT2D eigenvalue weighted by Gasteiger charge is 2.18. The van der Waals surface area contributed by atoms with E-state index in [4.69, 9.17) is 0 Å². The van der Waals surface area contributed by atoms with Crippen molar-refractivity contribution in [3.05, 3.63) is 0 Å². The fourth-order valence-corrected chi connectivity index (χ4v) is 2.64. The second-order valence-corrected chi connectivity index (χ2v) is 4.85. The Hall–Kier alpha value is 0.310. The Balaban J connectivity index is 2.30. The van der Waals surface area contributed by atoms with E-state index >= 15 is 0 Å². The van der Waals surface area contributed by atoms with Crippen LogP contribution in [0.15, 0.2) is 0 Å². The summed E-state index contributed by atoms with van der Waals surface area (Å²) in [6.45, 7) is 4.99. The molecule has 1 heterocycles. The Bertz CT molecular complexity index is 132. The second kappa shape index (κ2) is 7.58. The Labute approximate surface area is 94.7 Å². The van der Waals surface area contributed by atoms with Gasteiger partial charge in [0.15, 0.2) is 0 Å². The molecular formula is C12H25NS. The largest absolute Gasteiger partial charge is 0.300 e. The molecule has 0 aromatic rings. The minimum absolute atomic E-state index is 0.854. The molecule has 1 aliphatic heterocycles. The lowest BCUT2D eigenvalue weighted by Crippen LogP contribution is -2.39. The smallest absolute Gasteiger partial charge is 0.00954 e. The van der Waals surface area contributed by atoms with Crippen molar-refractivity contribution in [2.75, 3.05) is 18.8 Å². The first kappa shape index (κ1) is 12.4. The van der Waals surface area contributed by atoms with Crippen molar-refractivity contribution in [1.29, 1.82) is 0 Å². The van der Waals surface area contributed by atoms with Crippen molar-refractivity contribution in [3.63, 3.8) is 0 Å². The molecule has 0 radical (unpaired) electrons. The normalized spacial score (nSPS) is 21.0. The molecule has 1 rings (SSSR count).